The third kappa shape index (κ3) is 5.44. The number of rotatable bonds is 7. The predicted octanol–water partition coefficient (Wildman–Crippen LogP) is 4.20. The van der Waals surface area contributed by atoms with Gasteiger partial charge in [-0.3, -0.25) is 4.79 Å². The first-order valence-electron chi connectivity index (χ1n) is 7.48. The Morgan fingerprint density at radius 1 is 1.45 bits per heavy atom. The number of carbonyl (C=O) groups excluding carboxylic acids is 1. The maximum Gasteiger partial charge on any atom is 0.306 e. The molecule has 20 heavy (non-hydrogen) atoms. The number of aryl methyl sites for hydroxylation is 1. The normalized spacial score (nSPS) is 16.2. The van der Waals surface area contributed by atoms with E-state index in [1.165, 1.54) is 37.1 Å². The Bertz CT molecular complexity index is 414. The SMILES string of the molecule is CCOC(=O)CCc1csc(CSC2CCCCC2)n1. The molecule has 0 atom stereocenters. The van der Waals surface area contributed by atoms with E-state index < -0.39 is 0 Å². The molecule has 2 rings (SSSR count). The van der Waals surface area contributed by atoms with Crippen molar-refractivity contribution in [2.45, 2.75) is 62.9 Å². The Balaban J connectivity index is 1.70. The first-order valence-corrected chi connectivity index (χ1v) is 9.41. The van der Waals surface area contributed by atoms with E-state index in [4.69, 9.17) is 4.74 Å². The fourth-order valence-electron chi connectivity index (χ4n) is 2.41. The number of carbonyl (C=O) groups is 1. The van der Waals surface area contributed by atoms with Crippen LogP contribution in [0, 0.1) is 0 Å². The van der Waals surface area contributed by atoms with Crippen molar-refractivity contribution in [1.82, 2.24) is 4.98 Å². The lowest BCUT2D eigenvalue weighted by Gasteiger charge is -2.20. The number of esters is 1. The van der Waals surface area contributed by atoms with Crippen molar-refractivity contribution >= 4 is 29.1 Å². The van der Waals surface area contributed by atoms with Gasteiger partial charge in [-0.25, -0.2) is 4.98 Å². The topological polar surface area (TPSA) is 39.2 Å². The van der Waals surface area contributed by atoms with E-state index in [0.717, 1.165) is 16.7 Å². The van der Waals surface area contributed by atoms with Gasteiger partial charge < -0.3 is 4.74 Å². The minimum Gasteiger partial charge on any atom is -0.466 e. The summed E-state index contributed by atoms with van der Waals surface area (Å²) in [6.45, 7) is 2.29. The van der Waals surface area contributed by atoms with Crippen molar-refractivity contribution in [2.24, 2.45) is 0 Å². The predicted molar refractivity (Wildman–Crippen MR) is 85.2 cm³/mol. The summed E-state index contributed by atoms with van der Waals surface area (Å²) in [7, 11) is 0. The van der Waals surface area contributed by atoms with Crippen LogP contribution in [0.1, 0.15) is 56.2 Å². The van der Waals surface area contributed by atoms with Gasteiger partial charge in [0.15, 0.2) is 0 Å². The second-order valence-electron chi connectivity index (χ2n) is 5.11. The molecule has 1 fully saturated rings. The molecule has 3 nitrogen and oxygen atoms in total. The highest BCUT2D eigenvalue weighted by Gasteiger charge is 2.14. The maximum absolute atomic E-state index is 11.3. The van der Waals surface area contributed by atoms with Gasteiger partial charge in [-0.2, -0.15) is 11.8 Å². The second-order valence-corrected chi connectivity index (χ2v) is 7.34. The van der Waals surface area contributed by atoms with Crippen molar-refractivity contribution in [1.29, 1.82) is 0 Å². The lowest BCUT2D eigenvalue weighted by atomic mass is 10.0. The molecule has 112 valence electrons. The Hall–Kier alpha value is -0.550. The van der Waals surface area contributed by atoms with Gasteiger partial charge in [-0.1, -0.05) is 19.3 Å². The minimum absolute atomic E-state index is 0.126. The Kier molecular flexibility index (Phi) is 6.87. The smallest absolute Gasteiger partial charge is 0.306 e. The van der Waals surface area contributed by atoms with E-state index >= 15 is 0 Å². The molecule has 0 N–H and O–H groups in total. The summed E-state index contributed by atoms with van der Waals surface area (Å²) in [5, 5.41) is 4.10. The van der Waals surface area contributed by atoms with Crippen molar-refractivity contribution < 1.29 is 9.53 Å². The van der Waals surface area contributed by atoms with E-state index in [-0.39, 0.29) is 5.97 Å². The van der Waals surface area contributed by atoms with Gasteiger partial charge in [-0.15, -0.1) is 11.3 Å². The van der Waals surface area contributed by atoms with E-state index in [9.17, 15) is 4.79 Å². The molecular formula is C15H23NO2S2. The van der Waals surface area contributed by atoms with Crippen LogP contribution in [-0.2, 0) is 21.7 Å². The van der Waals surface area contributed by atoms with Gasteiger partial charge in [-0.05, 0) is 19.8 Å². The van der Waals surface area contributed by atoms with Crippen molar-refractivity contribution in [3.63, 3.8) is 0 Å². The van der Waals surface area contributed by atoms with Gasteiger partial charge in [0.2, 0.25) is 0 Å². The van der Waals surface area contributed by atoms with Gasteiger partial charge in [0, 0.05) is 22.8 Å². The minimum atomic E-state index is -0.126. The average Bonchev–Trinajstić information content (AvgIpc) is 2.92. The molecule has 1 heterocycles. The zero-order valence-corrected chi connectivity index (χ0v) is 13.7. The molecular weight excluding hydrogens is 290 g/mol. The number of thiazole rings is 1. The summed E-state index contributed by atoms with van der Waals surface area (Å²) < 4.78 is 4.93. The summed E-state index contributed by atoms with van der Waals surface area (Å²) in [4.78, 5) is 15.9. The van der Waals surface area contributed by atoms with E-state index in [1.54, 1.807) is 11.3 Å². The third-order valence-electron chi connectivity index (χ3n) is 3.48. The molecule has 1 saturated carbocycles. The number of thioether (sulfide) groups is 1. The first kappa shape index (κ1) is 15.8. The number of nitrogens with zero attached hydrogens (tertiary/aromatic N) is 1. The van der Waals surface area contributed by atoms with Crippen LogP contribution in [0.15, 0.2) is 5.38 Å². The van der Waals surface area contributed by atoms with Crippen molar-refractivity contribution in [3.05, 3.63) is 16.1 Å². The average molecular weight is 313 g/mol. The highest BCUT2D eigenvalue weighted by molar-refractivity contribution is 7.99. The van der Waals surface area contributed by atoms with Crippen LogP contribution in [0.2, 0.25) is 0 Å². The molecule has 1 aliphatic carbocycles. The van der Waals surface area contributed by atoms with Crippen LogP contribution in [0.25, 0.3) is 0 Å². The Morgan fingerprint density at radius 2 is 2.25 bits per heavy atom. The zero-order chi connectivity index (χ0) is 14.2. The first-order chi connectivity index (χ1) is 9.78. The van der Waals surface area contributed by atoms with Gasteiger partial charge in [0.1, 0.15) is 5.01 Å². The number of hydrogen-bond acceptors (Lipinski definition) is 5. The fraction of sp³-hybridized carbons (Fsp3) is 0.733. The van der Waals surface area contributed by atoms with Gasteiger partial charge in [0.25, 0.3) is 0 Å². The van der Waals surface area contributed by atoms with Gasteiger partial charge >= 0.3 is 5.97 Å². The largest absolute Gasteiger partial charge is 0.466 e. The van der Waals surface area contributed by atoms with Crippen molar-refractivity contribution in [2.75, 3.05) is 6.61 Å². The molecule has 1 aliphatic rings. The highest BCUT2D eigenvalue weighted by Crippen LogP contribution is 2.31. The van der Waals surface area contributed by atoms with Crippen LogP contribution in [0.4, 0.5) is 0 Å². The Labute approximate surface area is 129 Å². The number of aromatic nitrogens is 1. The molecule has 1 aromatic rings. The summed E-state index contributed by atoms with van der Waals surface area (Å²) >= 11 is 3.77. The Morgan fingerprint density at radius 3 is 3.00 bits per heavy atom. The van der Waals surface area contributed by atoms with Crippen LogP contribution in [-0.4, -0.2) is 22.8 Å². The summed E-state index contributed by atoms with van der Waals surface area (Å²) in [6, 6.07) is 0. The van der Waals surface area contributed by atoms with Crippen LogP contribution in [0.5, 0.6) is 0 Å². The lowest BCUT2D eigenvalue weighted by Crippen LogP contribution is -2.08. The highest BCUT2D eigenvalue weighted by atomic mass is 32.2. The van der Waals surface area contributed by atoms with Crippen molar-refractivity contribution in [3.8, 4) is 0 Å². The maximum atomic E-state index is 11.3. The second kappa shape index (κ2) is 8.67. The molecule has 0 saturated heterocycles. The zero-order valence-electron chi connectivity index (χ0n) is 12.1. The van der Waals surface area contributed by atoms with E-state index in [0.29, 0.717) is 19.4 Å². The molecule has 0 aromatic carbocycles. The summed E-state index contributed by atoms with van der Waals surface area (Å²) in [5.74, 6) is 0.896. The van der Waals surface area contributed by atoms with Crippen LogP contribution in [0.3, 0.4) is 0 Å². The number of hydrogen-bond donors (Lipinski definition) is 0. The third-order valence-corrected chi connectivity index (χ3v) is 5.95. The molecule has 0 radical (unpaired) electrons. The van der Waals surface area contributed by atoms with Gasteiger partial charge in [0.05, 0.1) is 18.7 Å². The quantitative estimate of drug-likeness (QED) is 0.707. The molecule has 0 bridgehead atoms. The molecule has 5 heteroatoms. The standard InChI is InChI=1S/C15H23NO2S2/c1-2-18-15(17)9-8-12-10-20-14(16-12)11-19-13-6-4-3-5-7-13/h10,13H,2-9,11H2,1H3. The molecule has 0 spiro atoms. The summed E-state index contributed by atoms with van der Waals surface area (Å²) in [5.41, 5.74) is 1.03. The van der Waals surface area contributed by atoms with E-state index in [1.807, 2.05) is 6.92 Å². The monoisotopic (exact) mass is 313 g/mol. The van der Waals surface area contributed by atoms with Crippen LogP contribution < -0.4 is 0 Å². The van der Waals surface area contributed by atoms with E-state index in [2.05, 4.69) is 22.1 Å². The molecule has 0 unspecified atom stereocenters. The molecule has 0 amide bonds. The fourth-order valence-corrected chi connectivity index (χ4v) is 4.61. The van der Waals surface area contributed by atoms with Crippen LogP contribution >= 0.6 is 23.1 Å². The molecule has 1 aromatic heterocycles. The number of ether oxygens (including phenoxy) is 1. The summed E-state index contributed by atoms with van der Waals surface area (Å²) in [6.07, 6.45) is 8.06. The molecule has 0 aliphatic heterocycles. The lowest BCUT2D eigenvalue weighted by molar-refractivity contribution is -0.143.